The molecule has 22 heavy (non-hydrogen) atoms. The Morgan fingerprint density at radius 3 is 2.73 bits per heavy atom. The van der Waals surface area contributed by atoms with Crippen molar-refractivity contribution in [2.24, 2.45) is 5.92 Å². The lowest BCUT2D eigenvalue weighted by Crippen LogP contribution is -2.49. The molecule has 1 fully saturated rings. The lowest BCUT2D eigenvalue weighted by molar-refractivity contribution is -0.138. The van der Waals surface area contributed by atoms with Crippen LogP contribution in [0.2, 0.25) is 0 Å². The molecule has 1 saturated carbocycles. The second kappa shape index (κ2) is 6.10. The van der Waals surface area contributed by atoms with Crippen molar-refractivity contribution in [2.45, 2.75) is 58.2 Å². The molecule has 1 N–H and O–H groups in total. The Balaban J connectivity index is 1.77. The Labute approximate surface area is 130 Å². The van der Waals surface area contributed by atoms with Gasteiger partial charge in [-0.25, -0.2) is 0 Å². The molecule has 0 bridgehead atoms. The smallest absolute Gasteiger partial charge is 0.246 e. The van der Waals surface area contributed by atoms with Gasteiger partial charge in [0.2, 0.25) is 11.8 Å². The summed E-state index contributed by atoms with van der Waals surface area (Å²) in [6, 6.07) is 1.75. The van der Waals surface area contributed by atoms with E-state index < -0.39 is 6.04 Å². The first-order valence-corrected chi connectivity index (χ1v) is 8.18. The minimum atomic E-state index is -0.415. The molecule has 120 valence electrons. The summed E-state index contributed by atoms with van der Waals surface area (Å²) >= 11 is 0. The zero-order valence-corrected chi connectivity index (χ0v) is 13.3. The van der Waals surface area contributed by atoms with E-state index in [2.05, 4.69) is 10.4 Å². The first-order valence-electron chi connectivity index (χ1n) is 8.18. The molecule has 0 aromatic carbocycles. The summed E-state index contributed by atoms with van der Waals surface area (Å²) in [5.74, 6) is 0.0113. The van der Waals surface area contributed by atoms with Gasteiger partial charge >= 0.3 is 0 Å². The molecule has 6 heteroatoms. The number of nitrogens with zero attached hydrogens (tertiary/aromatic N) is 3. The zero-order chi connectivity index (χ0) is 15.7. The molecule has 0 radical (unpaired) electrons. The molecule has 0 saturated heterocycles. The van der Waals surface area contributed by atoms with Crippen LogP contribution in [-0.2, 0) is 16.1 Å². The largest absolute Gasteiger partial charge is 0.351 e. The van der Waals surface area contributed by atoms with Gasteiger partial charge in [0.05, 0.1) is 18.8 Å². The number of nitrogens with one attached hydrogen (secondary N) is 1. The summed E-state index contributed by atoms with van der Waals surface area (Å²) in [5, 5.41) is 7.42. The van der Waals surface area contributed by atoms with Gasteiger partial charge in [-0.05, 0) is 18.9 Å². The van der Waals surface area contributed by atoms with E-state index in [0.29, 0.717) is 13.1 Å². The third kappa shape index (κ3) is 2.87. The Bertz CT molecular complexity index is 560. The van der Waals surface area contributed by atoms with Crippen molar-refractivity contribution in [3.05, 3.63) is 18.0 Å². The van der Waals surface area contributed by atoms with Gasteiger partial charge in [0.1, 0.15) is 6.04 Å². The quantitative estimate of drug-likeness (QED) is 0.920. The van der Waals surface area contributed by atoms with Gasteiger partial charge in [-0.2, -0.15) is 5.10 Å². The van der Waals surface area contributed by atoms with E-state index >= 15 is 0 Å². The van der Waals surface area contributed by atoms with E-state index in [0.717, 1.165) is 18.5 Å². The van der Waals surface area contributed by atoms with Gasteiger partial charge in [-0.15, -0.1) is 0 Å². The van der Waals surface area contributed by atoms with Crippen molar-refractivity contribution >= 4 is 11.8 Å². The number of hydrogen-bond acceptors (Lipinski definition) is 3. The van der Waals surface area contributed by atoms with Crippen molar-refractivity contribution in [1.29, 1.82) is 0 Å². The maximum absolute atomic E-state index is 12.6. The van der Waals surface area contributed by atoms with Crippen LogP contribution in [0.4, 0.5) is 0 Å². The van der Waals surface area contributed by atoms with Crippen molar-refractivity contribution in [3.8, 4) is 0 Å². The van der Waals surface area contributed by atoms with Crippen molar-refractivity contribution in [3.63, 3.8) is 0 Å². The summed E-state index contributed by atoms with van der Waals surface area (Å²) in [6.45, 7) is 4.72. The van der Waals surface area contributed by atoms with E-state index in [4.69, 9.17) is 0 Å². The summed E-state index contributed by atoms with van der Waals surface area (Å²) in [7, 11) is 0. The summed E-state index contributed by atoms with van der Waals surface area (Å²) < 4.78 is 1.77. The highest BCUT2D eigenvalue weighted by Crippen LogP contribution is 2.24. The number of fused-ring (bicyclic) bond motifs is 1. The molecule has 1 aliphatic carbocycles. The standard InChI is InChI=1S/C16H24N4O2/c1-11(2)16(22)19-9-13-7-8-17-20(13)14(10-19)15(21)18-12-5-3-4-6-12/h7-8,11-12,14H,3-6,9-10H2,1-2H3,(H,18,21)/t14-/m0/s1. The fraction of sp³-hybridized carbons (Fsp3) is 0.688. The van der Waals surface area contributed by atoms with Crippen LogP contribution in [0.3, 0.4) is 0 Å². The predicted octanol–water partition coefficient (Wildman–Crippen LogP) is 1.48. The molecule has 1 atom stereocenters. The number of amides is 2. The van der Waals surface area contributed by atoms with Crippen LogP contribution < -0.4 is 5.32 Å². The van der Waals surface area contributed by atoms with Crippen molar-refractivity contribution in [2.75, 3.05) is 6.54 Å². The van der Waals surface area contributed by atoms with Gasteiger partial charge in [-0.1, -0.05) is 26.7 Å². The highest BCUT2D eigenvalue weighted by Gasteiger charge is 2.34. The minimum Gasteiger partial charge on any atom is -0.351 e. The van der Waals surface area contributed by atoms with E-state index in [1.54, 1.807) is 15.8 Å². The van der Waals surface area contributed by atoms with Crippen LogP contribution in [0.5, 0.6) is 0 Å². The lowest BCUT2D eigenvalue weighted by atomic mass is 10.1. The minimum absolute atomic E-state index is 0.0156. The second-order valence-corrected chi connectivity index (χ2v) is 6.65. The summed E-state index contributed by atoms with van der Waals surface area (Å²) in [6.07, 6.45) is 6.17. The van der Waals surface area contributed by atoms with Crippen LogP contribution in [-0.4, -0.2) is 39.1 Å². The number of carbonyl (C=O) groups excluding carboxylic acids is 2. The third-order valence-corrected chi connectivity index (χ3v) is 4.60. The zero-order valence-electron chi connectivity index (χ0n) is 13.3. The highest BCUT2D eigenvalue weighted by molar-refractivity contribution is 5.83. The van der Waals surface area contributed by atoms with Crippen molar-refractivity contribution in [1.82, 2.24) is 20.0 Å². The van der Waals surface area contributed by atoms with Crippen LogP contribution in [0, 0.1) is 5.92 Å². The lowest BCUT2D eigenvalue weighted by Gasteiger charge is -2.34. The van der Waals surface area contributed by atoms with E-state index in [-0.39, 0.29) is 23.8 Å². The number of rotatable bonds is 3. The van der Waals surface area contributed by atoms with Crippen LogP contribution in [0.25, 0.3) is 0 Å². The molecule has 1 aromatic rings. The summed E-state index contributed by atoms with van der Waals surface area (Å²) in [4.78, 5) is 26.7. The maximum Gasteiger partial charge on any atom is 0.246 e. The molecule has 2 aliphatic rings. The predicted molar refractivity (Wildman–Crippen MR) is 81.9 cm³/mol. The number of carbonyl (C=O) groups is 2. The Morgan fingerprint density at radius 1 is 1.32 bits per heavy atom. The SMILES string of the molecule is CC(C)C(=O)N1Cc2ccnn2[C@H](C(=O)NC2CCCC2)C1. The summed E-state index contributed by atoms with van der Waals surface area (Å²) in [5.41, 5.74) is 0.923. The molecule has 3 rings (SSSR count). The highest BCUT2D eigenvalue weighted by atomic mass is 16.2. The third-order valence-electron chi connectivity index (χ3n) is 4.60. The average Bonchev–Trinajstić information content (AvgIpc) is 3.15. The van der Waals surface area contributed by atoms with Gasteiger partial charge in [0.25, 0.3) is 0 Å². The Hall–Kier alpha value is -1.85. The molecule has 0 spiro atoms. The average molecular weight is 304 g/mol. The maximum atomic E-state index is 12.6. The monoisotopic (exact) mass is 304 g/mol. The number of aromatic nitrogens is 2. The molecular formula is C16H24N4O2. The molecular weight excluding hydrogens is 280 g/mol. The van der Waals surface area contributed by atoms with Crippen molar-refractivity contribution < 1.29 is 9.59 Å². The molecule has 1 aromatic heterocycles. The fourth-order valence-electron chi connectivity index (χ4n) is 3.39. The topological polar surface area (TPSA) is 67.2 Å². The van der Waals surface area contributed by atoms with E-state index in [1.807, 2.05) is 19.9 Å². The van der Waals surface area contributed by atoms with E-state index in [1.165, 1.54) is 12.8 Å². The van der Waals surface area contributed by atoms with Gasteiger partial charge in [0, 0.05) is 18.2 Å². The Kier molecular flexibility index (Phi) is 4.18. The first kappa shape index (κ1) is 15.1. The molecule has 2 heterocycles. The van der Waals surface area contributed by atoms with Crippen LogP contribution in [0.1, 0.15) is 51.3 Å². The molecule has 6 nitrogen and oxygen atoms in total. The molecule has 0 unspecified atom stereocenters. The van der Waals surface area contributed by atoms with Gasteiger partial charge in [0.15, 0.2) is 0 Å². The number of hydrogen-bond donors (Lipinski definition) is 1. The molecule has 2 amide bonds. The second-order valence-electron chi connectivity index (χ2n) is 6.65. The fourth-order valence-corrected chi connectivity index (χ4v) is 3.39. The van der Waals surface area contributed by atoms with Gasteiger partial charge < -0.3 is 10.2 Å². The molecule has 1 aliphatic heterocycles. The van der Waals surface area contributed by atoms with E-state index in [9.17, 15) is 9.59 Å². The van der Waals surface area contributed by atoms with Crippen LogP contribution >= 0.6 is 0 Å². The normalized spacial score (nSPS) is 22.0. The van der Waals surface area contributed by atoms with Gasteiger partial charge in [-0.3, -0.25) is 14.3 Å². The Morgan fingerprint density at radius 2 is 2.05 bits per heavy atom. The van der Waals surface area contributed by atoms with Crippen LogP contribution in [0.15, 0.2) is 12.3 Å². The first-order chi connectivity index (χ1) is 10.6.